The Kier molecular flexibility index (Phi) is 3.13. The first-order valence-electron chi connectivity index (χ1n) is 6.29. The number of nitrogens with two attached hydrogens (primary N) is 2. The van der Waals surface area contributed by atoms with Gasteiger partial charge in [0.05, 0.1) is 5.52 Å². The fraction of sp³-hybridized carbons (Fsp3) is 0.0667. The molecule has 1 heterocycles. The largest absolute Gasteiger partial charge is 0.383 e. The van der Waals surface area contributed by atoms with Crippen molar-refractivity contribution >= 4 is 22.7 Å². The number of nitrogens with zero attached hydrogens (tertiary/aromatic N) is 2. The maximum absolute atomic E-state index is 13.3. The molecule has 1 aromatic heterocycles. The Morgan fingerprint density at radius 1 is 0.952 bits per heavy atom. The van der Waals surface area contributed by atoms with E-state index < -0.39 is 11.6 Å². The third-order valence-electron chi connectivity index (χ3n) is 3.23. The molecule has 2 aromatic carbocycles. The minimum absolute atomic E-state index is 0.102. The number of aromatic nitrogens is 2. The van der Waals surface area contributed by atoms with E-state index in [2.05, 4.69) is 9.97 Å². The summed E-state index contributed by atoms with van der Waals surface area (Å²) in [6.07, 6.45) is 0.395. The van der Waals surface area contributed by atoms with Crippen molar-refractivity contribution in [1.82, 2.24) is 9.97 Å². The molecular formula is C15H12F2N4. The quantitative estimate of drug-likeness (QED) is 0.759. The van der Waals surface area contributed by atoms with Crippen LogP contribution in [-0.4, -0.2) is 9.97 Å². The maximum Gasteiger partial charge on any atom is 0.222 e. The molecule has 0 saturated carbocycles. The van der Waals surface area contributed by atoms with Crippen molar-refractivity contribution in [2.45, 2.75) is 6.42 Å². The van der Waals surface area contributed by atoms with Gasteiger partial charge in [0, 0.05) is 5.39 Å². The molecule has 3 rings (SSSR count). The molecule has 0 spiro atoms. The summed E-state index contributed by atoms with van der Waals surface area (Å²) in [6, 6.07) is 9.24. The average molecular weight is 286 g/mol. The van der Waals surface area contributed by atoms with Gasteiger partial charge in [-0.05, 0) is 35.7 Å². The van der Waals surface area contributed by atoms with E-state index in [1.54, 1.807) is 6.07 Å². The van der Waals surface area contributed by atoms with Crippen LogP contribution in [-0.2, 0) is 6.42 Å². The standard InChI is InChI=1S/C15H12F2N4/c16-10-5-4-8(7-11(10)17)6-9-2-1-3-12-13(9)14(18)21-15(19)20-12/h1-5,7H,6H2,(H4,18,19,20,21). The smallest absolute Gasteiger partial charge is 0.222 e. The summed E-state index contributed by atoms with van der Waals surface area (Å²) in [7, 11) is 0. The Morgan fingerprint density at radius 3 is 2.52 bits per heavy atom. The Balaban J connectivity index is 2.10. The van der Waals surface area contributed by atoms with Gasteiger partial charge < -0.3 is 11.5 Å². The number of halogens is 2. The second-order valence-electron chi connectivity index (χ2n) is 4.70. The molecule has 0 fully saturated rings. The zero-order chi connectivity index (χ0) is 15.0. The van der Waals surface area contributed by atoms with Crippen molar-refractivity contribution in [3.05, 3.63) is 59.2 Å². The first-order chi connectivity index (χ1) is 10.0. The summed E-state index contributed by atoms with van der Waals surface area (Å²) in [5.41, 5.74) is 13.6. The highest BCUT2D eigenvalue weighted by Crippen LogP contribution is 2.25. The average Bonchev–Trinajstić information content (AvgIpc) is 2.42. The molecule has 0 unspecified atom stereocenters. The SMILES string of the molecule is Nc1nc(N)c2c(Cc3ccc(F)c(F)c3)cccc2n1. The molecule has 0 radical (unpaired) electrons. The van der Waals surface area contributed by atoms with Gasteiger partial charge in [-0.1, -0.05) is 18.2 Å². The van der Waals surface area contributed by atoms with Gasteiger partial charge in [0.1, 0.15) is 5.82 Å². The topological polar surface area (TPSA) is 77.8 Å². The van der Waals surface area contributed by atoms with E-state index >= 15 is 0 Å². The first kappa shape index (κ1) is 13.2. The zero-order valence-electron chi connectivity index (χ0n) is 11.0. The predicted molar refractivity (Wildman–Crippen MR) is 77.5 cm³/mol. The Bertz CT molecular complexity index is 833. The minimum Gasteiger partial charge on any atom is -0.383 e. The molecule has 4 nitrogen and oxygen atoms in total. The maximum atomic E-state index is 13.3. The van der Waals surface area contributed by atoms with Crippen LogP contribution in [0.25, 0.3) is 10.9 Å². The van der Waals surface area contributed by atoms with Crippen molar-refractivity contribution in [3.63, 3.8) is 0 Å². The van der Waals surface area contributed by atoms with Crippen molar-refractivity contribution in [1.29, 1.82) is 0 Å². The van der Waals surface area contributed by atoms with Gasteiger partial charge in [-0.3, -0.25) is 0 Å². The number of fused-ring (bicyclic) bond motifs is 1. The van der Waals surface area contributed by atoms with Crippen LogP contribution in [0.5, 0.6) is 0 Å². The van der Waals surface area contributed by atoms with E-state index in [9.17, 15) is 8.78 Å². The van der Waals surface area contributed by atoms with E-state index in [0.29, 0.717) is 22.9 Å². The van der Waals surface area contributed by atoms with Crippen LogP contribution in [0.3, 0.4) is 0 Å². The van der Waals surface area contributed by atoms with Gasteiger partial charge in [-0.2, -0.15) is 4.98 Å². The van der Waals surface area contributed by atoms with Gasteiger partial charge in [-0.25, -0.2) is 13.8 Å². The Morgan fingerprint density at radius 2 is 1.76 bits per heavy atom. The van der Waals surface area contributed by atoms with Gasteiger partial charge in [0.15, 0.2) is 11.6 Å². The zero-order valence-corrected chi connectivity index (χ0v) is 11.0. The highest BCUT2D eigenvalue weighted by molar-refractivity contribution is 5.92. The Labute approximate surface area is 119 Å². The molecule has 0 amide bonds. The molecule has 0 saturated heterocycles. The second kappa shape index (κ2) is 4.97. The fourth-order valence-corrected chi connectivity index (χ4v) is 2.32. The lowest BCUT2D eigenvalue weighted by Gasteiger charge is -2.09. The van der Waals surface area contributed by atoms with Gasteiger partial charge in [0.25, 0.3) is 0 Å². The highest BCUT2D eigenvalue weighted by atomic mass is 19.2. The number of nitrogen functional groups attached to an aromatic ring is 2. The number of anilines is 2. The Hall–Kier alpha value is -2.76. The predicted octanol–water partition coefficient (Wildman–Crippen LogP) is 2.66. The first-order valence-corrected chi connectivity index (χ1v) is 6.29. The molecule has 0 aliphatic rings. The van der Waals surface area contributed by atoms with Crippen LogP contribution in [0, 0.1) is 11.6 Å². The molecule has 106 valence electrons. The molecule has 0 atom stereocenters. The van der Waals surface area contributed by atoms with Crippen LogP contribution in [0.2, 0.25) is 0 Å². The van der Waals surface area contributed by atoms with E-state index in [0.717, 1.165) is 11.6 Å². The third-order valence-corrected chi connectivity index (χ3v) is 3.23. The summed E-state index contributed by atoms with van der Waals surface area (Å²) in [5, 5.41) is 0.677. The molecule has 21 heavy (non-hydrogen) atoms. The fourth-order valence-electron chi connectivity index (χ4n) is 2.32. The van der Waals surface area contributed by atoms with E-state index in [1.807, 2.05) is 12.1 Å². The van der Waals surface area contributed by atoms with Crippen molar-refractivity contribution in [3.8, 4) is 0 Å². The van der Waals surface area contributed by atoms with Crippen LogP contribution < -0.4 is 11.5 Å². The molecule has 6 heteroatoms. The summed E-state index contributed by atoms with van der Waals surface area (Å²) in [4.78, 5) is 8.07. The van der Waals surface area contributed by atoms with E-state index in [1.165, 1.54) is 12.1 Å². The lowest BCUT2D eigenvalue weighted by atomic mass is 10.0. The van der Waals surface area contributed by atoms with Crippen LogP contribution in [0.15, 0.2) is 36.4 Å². The minimum atomic E-state index is -0.874. The molecule has 0 bridgehead atoms. The lowest BCUT2D eigenvalue weighted by molar-refractivity contribution is 0.507. The van der Waals surface area contributed by atoms with Gasteiger partial charge in [-0.15, -0.1) is 0 Å². The summed E-state index contributed by atoms with van der Waals surface area (Å²) >= 11 is 0. The van der Waals surface area contributed by atoms with Crippen molar-refractivity contribution < 1.29 is 8.78 Å². The number of benzene rings is 2. The molecule has 4 N–H and O–H groups in total. The molecular weight excluding hydrogens is 274 g/mol. The highest BCUT2D eigenvalue weighted by Gasteiger charge is 2.10. The van der Waals surface area contributed by atoms with Gasteiger partial charge in [0.2, 0.25) is 5.95 Å². The monoisotopic (exact) mass is 286 g/mol. The number of hydrogen-bond donors (Lipinski definition) is 2. The third kappa shape index (κ3) is 2.47. The number of hydrogen-bond acceptors (Lipinski definition) is 4. The van der Waals surface area contributed by atoms with Crippen molar-refractivity contribution in [2.75, 3.05) is 11.5 Å². The molecule has 0 aliphatic carbocycles. The summed E-state index contributed by atoms with van der Waals surface area (Å²) in [5.74, 6) is -1.37. The number of rotatable bonds is 2. The molecule has 0 aliphatic heterocycles. The van der Waals surface area contributed by atoms with Crippen molar-refractivity contribution in [2.24, 2.45) is 0 Å². The van der Waals surface area contributed by atoms with E-state index in [4.69, 9.17) is 11.5 Å². The molecule has 3 aromatic rings. The lowest BCUT2D eigenvalue weighted by Crippen LogP contribution is -2.03. The summed E-state index contributed by atoms with van der Waals surface area (Å²) < 4.78 is 26.3. The van der Waals surface area contributed by atoms with Crippen LogP contribution in [0.1, 0.15) is 11.1 Å². The normalized spacial score (nSPS) is 11.0. The summed E-state index contributed by atoms with van der Waals surface area (Å²) in [6.45, 7) is 0. The second-order valence-corrected chi connectivity index (χ2v) is 4.70. The van der Waals surface area contributed by atoms with Gasteiger partial charge >= 0.3 is 0 Å². The van der Waals surface area contributed by atoms with Crippen LogP contribution in [0.4, 0.5) is 20.5 Å². The van der Waals surface area contributed by atoms with Crippen LogP contribution >= 0.6 is 0 Å². The van der Waals surface area contributed by atoms with E-state index in [-0.39, 0.29) is 11.8 Å².